The summed E-state index contributed by atoms with van der Waals surface area (Å²) in [5.41, 5.74) is 1.31. The lowest BCUT2D eigenvalue weighted by Crippen LogP contribution is -2.08. The van der Waals surface area contributed by atoms with Crippen LogP contribution in [0.2, 0.25) is 0 Å². The van der Waals surface area contributed by atoms with Gasteiger partial charge in [-0.3, -0.25) is 0 Å². The Bertz CT molecular complexity index is 585. The highest BCUT2D eigenvalue weighted by Crippen LogP contribution is 2.05. The highest BCUT2D eigenvalue weighted by atomic mass is 16.5. The zero-order valence-electron chi connectivity index (χ0n) is 15.2. The molecule has 4 heteroatoms. The third-order valence-corrected chi connectivity index (χ3v) is 3.26. The van der Waals surface area contributed by atoms with Crippen LogP contribution in [0.4, 0.5) is 0 Å². The first kappa shape index (κ1) is 22.4. The first-order valence-electron chi connectivity index (χ1n) is 8.37. The summed E-state index contributed by atoms with van der Waals surface area (Å²) in [6.45, 7) is 11.0. The van der Waals surface area contributed by atoms with Crippen LogP contribution in [0.25, 0.3) is 6.08 Å². The maximum atomic E-state index is 11.4. The van der Waals surface area contributed by atoms with Crippen LogP contribution in [0.3, 0.4) is 0 Å². The Morgan fingerprint density at radius 1 is 1.16 bits per heavy atom. The molecule has 1 N–H and O–H groups in total. The number of carbonyl (C=O) groups is 2. The Balaban J connectivity index is 0.000000593. The molecule has 1 aromatic carbocycles. The molecule has 1 rings (SSSR count). The highest BCUT2D eigenvalue weighted by Gasteiger charge is 2.08. The molecule has 0 amide bonds. The van der Waals surface area contributed by atoms with Crippen LogP contribution < -0.4 is 0 Å². The molecule has 0 radical (unpaired) electrons. The summed E-state index contributed by atoms with van der Waals surface area (Å²) in [4.78, 5) is 21.9. The van der Waals surface area contributed by atoms with Gasteiger partial charge < -0.3 is 9.84 Å². The Morgan fingerprint density at radius 2 is 1.80 bits per heavy atom. The summed E-state index contributed by atoms with van der Waals surface area (Å²) in [6, 6.07) is 10.0. The van der Waals surface area contributed by atoms with Gasteiger partial charge in [-0.25, -0.2) is 9.59 Å². The largest absolute Gasteiger partial charge is 0.478 e. The van der Waals surface area contributed by atoms with Gasteiger partial charge in [-0.2, -0.15) is 0 Å². The number of carbonyl (C=O) groups excluding carboxylic acids is 1. The van der Waals surface area contributed by atoms with E-state index in [1.807, 2.05) is 36.4 Å². The van der Waals surface area contributed by atoms with Gasteiger partial charge in [-0.05, 0) is 25.0 Å². The second-order valence-electron chi connectivity index (χ2n) is 5.47. The molecular weight excluding hydrogens is 316 g/mol. The fourth-order valence-electron chi connectivity index (χ4n) is 1.76. The molecule has 0 unspecified atom stereocenters. The molecule has 136 valence electrons. The molecule has 0 aromatic heterocycles. The molecule has 0 aliphatic heterocycles. The normalized spacial score (nSPS) is 10.2. The van der Waals surface area contributed by atoms with Crippen molar-refractivity contribution in [3.63, 3.8) is 0 Å². The molecule has 1 aromatic rings. The van der Waals surface area contributed by atoms with Gasteiger partial charge in [-0.15, -0.1) is 0 Å². The van der Waals surface area contributed by atoms with Crippen molar-refractivity contribution in [1.29, 1.82) is 0 Å². The molecular formula is C21H28O4. The first-order valence-corrected chi connectivity index (χ1v) is 8.37. The van der Waals surface area contributed by atoms with Crippen LogP contribution in [-0.4, -0.2) is 23.7 Å². The molecule has 0 saturated heterocycles. The smallest absolute Gasteiger partial charge is 0.337 e. The number of ether oxygens (including phenoxy) is 1. The summed E-state index contributed by atoms with van der Waals surface area (Å²) in [5, 5.41) is 8.62. The molecule has 0 saturated carbocycles. The number of esters is 1. The van der Waals surface area contributed by atoms with Crippen LogP contribution >= 0.6 is 0 Å². The average Bonchev–Trinajstić information content (AvgIpc) is 2.62. The Hall–Kier alpha value is -2.62. The zero-order chi connectivity index (χ0) is 19.1. The minimum atomic E-state index is -1.07. The number of hydrogen-bond donors (Lipinski definition) is 1. The second kappa shape index (κ2) is 13.8. The van der Waals surface area contributed by atoms with Gasteiger partial charge in [0, 0.05) is 5.57 Å². The maximum absolute atomic E-state index is 11.4. The molecule has 0 bridgehead atoms. The third-order valence-electron chi connectivity index (χ3n) is 3.26. The van der Waals surface area contributed by atoms with Crippen LogP contribution in [0.1, 0.15) is 45.1 Å². The van der Waals surface area contributed by atoms with Gasteiger partial charge in [0.2, 0.25) is 0 Å². The van der Waals surface area contributed by atoms with Crippen molar-refractivity contribution in [1.82, 2.24) is 0 Å². The fraction of sp³-hybridized carbons (Fsp3) is 0.333. The van der Waals surface area contributed by atoms with Gasteiger partial charge in [-0.1, -0.05) is 75.8 Å². The lowest BCUT2D eigenvalue weighted by molar-refractivity contribution is -0.138. The SMILES string of the molecule is C=C(C=C(C)C(=O)O)C(=O)OCCCCCC.C=Cc1ccccc1. The predicted octanol–water partition coefficient (Wildman–Crippen LogP) is 5.03. The molecule has 0 atom stereocenters. The van der Waals surface area contributed by atoms with Crippen LogP contribution in [-0.2, 0) is 14.3 Å². The minimum absolute atomic E-state index is 0.0675. The fourth-order valence-corrected chi connectivity index (χ4v) is 1.76. The third kappa shape index (κ3) is 11.5. The van der Waals surface area contributed by atoms with E-state index < -0.39 is 11.9 Å². The number of carboxylic acid groups (broad SMARTS) is 1. The topological polar surface area (TPSA) is 63.6 Å². The van der Waals surface area contributed by atoms with Gasteiger partial charge in [0.1, 0.15) is 0 Å². The van der Waals surface area contributed by atoms with Gasteiger partial charge in [0.05, 0.1) is 12.2 Å². The summed E-state index contributed by atoms with van der Waals surface area (Å²) >= 11 is 0. The zero-order valence-corrected chi connectivity index (χ0v) is 15.2. The van der Waals surface area contributed by atoms with E-state index >= 15 is 0 Å². The Morgan fingerprint density at radius 3 is 2.28 bits per heavy atom. The monoisotopic (exact) mass is 344 g/mol. The standard InChI is InChI=1S/C13H20O4.C8H8/c1-4-5-6-7-8-17-13(16)11(3)9-10(2)12(14)15;1-2-8-6-4-3-5-7-8/h9H,3-8H2,1-2H3,(H,14,15);2-7H,1H2. The van der Waals surface area contributed by atoms with Gasteiger partial charge in [0.15, 0.2) is 0 Å². The molecule has 0 heterocycles. The quantitative estimate of drug-likeness (QED) is 0.295. The average molecular weight is 344 g/mol. The highest BCUT2D eigenvalue weighted by molar-refractivity contribution is 5.94. The van der Waals surface area contributed by atoms with Gasteiger partial charge >= 0.3 is 11.9 Å². The van der Waals surface area contributed by atoms with Crippen molar-refractivity contribution in [2.24, 2.45) is 0 Å². The molecule has 0 fully saturated rings. The van der Waals surface area contributed by atoms with Crippen molar-refractivity contribution in [2.45, 2.75) is 39.5 Å². The number of benzene rings is 1. The summed E-state index contributed by atoms with van der Waals surface area (Å²) < 4.78 is 4.96. The second-order valence-corrected chi connectivity index (χ2v) is 5.47. The Kier molecular flexibility index (Phi) is 12.3. The number of aliphatic carboxylic acids is 1. The van der Waals surface area contributed by atoms with Crippen LogP contribution in [0.5, 0.6) is 0 Å². The van der Waals surface area contributed by atoms with Gasteiger partial charge in [0.25, 0.3) is 0 Å². The molecule has 0 aliphatic carbocycles. The van der Waals surface area contributed by atoms with E-state index in [2.05, 4.69) is 20.1 Å². The minimum Gasteiger partial charge on any atom is -0.478 e. The molecule has 0 spiro atoms. The number of hydrogen-bond acceptors (Lipinski definition) is 3. The van der Waals surface area contributed by atoms with Crippen LogP contribution in [0, 0.1) is 0 Å². The van der Waals surface area contributed by atoms with E-state index in [1.54, 1.807) is 0 Å². The lowest BCUT2D eigenvalue weighted by atomic mass is 10.2. The summed E-state index contributed by atoms with van der Waals surface area (Å²) in [7, 11) is 0. The lowest BCUT2D eigenvalue weighted by Gasteiger charge is -2.04. The van der Waals surface area contributed by atoms with Crippen molar-refractivity contribution in [3.05, 3.63) is 66.3 Å². The first-order chi connectivity index (χ1) is 11.9. The van der Waals surface area contributed by atoms with Crippen molar-refractivity contribution < 1.29 is 19.4 Å². The van der Waals surface area contributed by atoms with E-state index in [1.165, 1.54) is 18.6 Å². The van der Waals surface area contributed by atoms with E-state index in [-0.39, 0.29) is 11.1 Å². The number of rotatable bonds is 9. The van der Waals surface area contributed by atoms with E-state index in [4.69, 9.17) is 9.84 Å². The van der Waals surface area contributed by atoms with E-state index in [9.17, 15) is 9.59 Å². The molecule has 0 aliphatic rings. The summed E-state index contributed by atoms with van der Waals surface area (Å²) in [6.07, 6.45) is 7.16. The number of carboxylic acids is 1. The summed E-state index contributed by atoms with van der Waals surface area (Å²) in [5.74, 6) is -1.62. The van der Waals surface area contributed by atoms with Crippen molar-refractivity contribution >= 4 is 18.0 Å². The number of unbranched alkanes of at least 4 members (excludes halogenated alkanes) is 3. The Labute approximate surface area is 150 Å². The maximum Gasteiger partial charge on any atom is 0.337 e. The van der Waals surface area contributed by atoms with E-state index in [0.29, 0.717) is 6.61 Å². The predicted molar refractivity (Wildman–Crippen MR) is 102 cm³/mol. The van der Waals surface area contributed by atoms with Crippen molar-refractivity contribution in [3.8, 4) is 0 Å². The molecule has 25 heavy (non-hydrogen) atoms. The van der Waals surface area contributed by atoms with Crippen molar-refractivity contribution in [2.75, 3.05) is 6.61 Å². The van der Waals surface area contributed by atoms with E-state index in [0.717, 1.165) is 25.7 Å². The van der Waals surface area contributed by atoms with Crippen LogP contribution in [0.15, 0.2) is 60.7 Å². The molecule has 4 nitrogen and oxygen atoms in total.